The average Bonchev–Trinajstić information content (AvgIpc) is 3.06. The fraction of sp³-hybridized carbons (Fsp3) is 0.182. The zero-order valence-electron chi connectivity index (χ0n) is 17.6. The first-order chi connectivity index (χ1) is 15.7. The van der Waals surface area contributed by atoms with E-state index in [1.165, 1.54) is 42.0 Å². The number of aliphatic carboxylic acids is 1. The predicted octanol–water partition coefficient (Wildman–Crippen LogP) is 4.13. The number of carbonyl (C=O) groups excluding carboxylic acids is 1. The van der Waals surface area contributed by atoms with E-state index in [1.54, 1.807) is 24.3 Å². The van der Waals surface area contributed by atoms with Gasteiger partial charge in [0.15, 0.2) is 23.3 Å². The summed E-state index contributed by atoms with van der Waals surface area (Å²) in [5, 5.41) is 18.4. The second kappa shape index (κ2) is 10.4. The summed E-state index contributed by atoms with van der Waals surface area (Å²) < 4.78 is 10.5. The number of halogens is 1. The summed E-state index contributed by atoms with van der Waals surface area (Å²) in [6.45, 7) is 1.63. The first-order valence-electron chi connectivity index (χ1n) is 9.59. The van der Waals surface area contributed by atoms with Crippen LogP contribution in [0.1, 0.15) is 22.8 Å². The van der Waals surface area contributed by atoms with Crippen molar-refractivity contribution in [2.75, 3.05) is 20.3 Å². The highest BCUT2D eigenvalue weighted by Gasteiger charge is 2.32. The van der Waals surface area contributed by atoms with E-state index < -0.39 is 18.5 Å². The molecule has 33 heavy (non-hydrogen) atoms. The van der Waals surface area contributed by atoms with Crippen molar-refractivity contribution >= 4 is 58.1 Å². The minimum atomic E-state index is -1.16. The molecule has 3 rings (SSSR count). The number of ether oxygens (including phenoxy) is 2. The Kier molecular flexibility index (Phi) is 7.62. The van der Waals surface area contributed by atoms with Crippen molar-refractivity contribution in [1.29, 1.82) is 0 Å². The molecule has 2 N–H and O–H groups in total. The zero-order chi connectivity index (χ0) is 24.1. The van der Waals surface area contributed by atoms with Gasteiger partial charge < -0.3 is 19.7 Å². The van der Waals surface area contributed by atoms with Gasteiger partial charge in [-0.05, 0) is 66.7 Å². The molecule has 2 aromatic carbocycles. The third kappa shape index (κ3) is 5.65. The van der Waals surface area contributed by atoms with Gasteiger partial charge in [-0.1, -0.05) is 11.6 Å². The summed E-state index contributed by atoms with van der Waals surface area (Å²) in [4.78, 5) is 41.1. The van der Waals surface area contributed by atoms with Crippen LogP contribution in [0.25, 0.3) is 6.08 Å². The number of carbonyl (C=O) groups is 3. The monoisotopic (exact) mass is 490 g/mol. The van der Waals surface area contributed by atoms with E-state index >= 15 is 0 Å². The maximum absolute atomic E-state index is 12.9. The Morgan fingerprint density at radius 3 is 2.48 bits per heavy atom. The average molecular weight is 491 g/mol. The Balaban J connectivity index is 1.91. The van der Waals surface area contributed by atoms with Gasteiger partial charge >= 0.3 is 11.9 Å². The molecule has 9 nitrogen and oxygen atoms in total. The lowest BCUT2D eigenvalue weighted by Crippen LogP contribution is -2.28. The van der Waals surface area contributed by atoms with Gasteiger partial charge in [-0.25, -0.2) is 14.6 Å². The minimum absolute atomic E-state index is 0.0939. The molecule has 0 saturated carbocycles. The molecular formula is C22H19ClN2O7S. The third-order valence-corrected chi connectivity index (χ3v) is 5.72. The molecule has 1 aliphatic rings. The van der Waals surface area contributed by atoms with Crippen LogP contribution in [0.2, 0.25) is 5.02 Å². The Hall–Kier alpha value is -3.50. The topological polar surface area (TPSA) is 126 Å². The number of carboxylic acids is 2. The number of amidine groups is 1. The number of thioether (sulfide) groups is 1. The molecular weight excluding hydrogens is 472 g/mol. The minimum Gasteiger partial charge on any atom is -0.493 e. The first kappa shape index (κ1) is 24.1. The molecule has 0 aliphatic carbocycles. The molecule has 0 atom stereocenters. The standard InChI is InChI=1S/C22H19ClN2O7S/c1-3-25-20(28)17(33-22(25)24-14-6-4-13(5-7-14)21(29)30)10-12-8-15(23)19(16(9-12)31-2)32-11-18(26)27/h4-10H,3,11H2,1-2H3,(H,26,27)(H,29,30)/b17-10-,24-22?. The SMILES string of the molecule is CCN1C(=O)/C(=C/c2cc(Cl)c(OCC(=O)O)c(OC)c2)SC1=Nc1ccc(C(=O)O)cc1. The number of nitrogens with zero attached hydrogens (tertiary/aromatic N) is 2. The zero-order valence-corrected chi connectivity index (χ0v) is 19.1. The van der Waals surface area contributed by atoms with Gasteiger partial charge in [0, 0.05) is 6.54 Å². The molecule has 2 aromatic rings. The van der Waals surface area contributed by atoms with Crippen molar-refractivity contribution in [2.24, 2.45) is 4.99 Å². The number of likely N-dealkylation sites (N-methyl/N-ethyl adjacent to an activating group) is 1. The number of aromatic carboxylic acids is 1. The van der Waals surface area contributed by atoms with Crippen LogP contribution in [0.4, 0.5) is 5.69 Å². The fourth-order valence-corrected chi connectivity index (χ4v) is 4.24. The number of amides is 1. The maximum Gasteiger partial charge on any atom is 0.341 e. The number of carboxylic acid groups (broad SMARTS) is 2. The van der Waals surface area contributed by atoms with Gasteiger partial charge in [0.2, 0.25) is 0 Å². The van der Waals surface area contributed by atoms with Gasteiger partial charge in [0.1, 0.15) is 0 Å². The highest BCUT2D eigenvalue weighted by atomic mass is 35.5. The van der Waals surface area contributed by atoms with Gasteiger partial charge in [-0.2, -0.15) is 0 Å². The van der Waals surface area contributed by atoms with Gasteiger partial charge in [-0.3, -0.25) is 9.69 Å². The number of aliphatic imine (C=N–C) groups is 1. The van der Waals surface area contributed by atoms with E-state index in [9.17, 15) is 14.4 Å². The molecule has 0 unspecified atom stereocenters. The number of benzene rings is 2. The molecule has 0 radical (unpaired) electrons. The molecule has 0 aromatic heterocycles. The third-order valence-electron chi connectivity index (χ3n) is 4.43. The molecule has 172 valence electrons. The second-order valence-electron chi connectivity index (χ2n) is 6.62. The van der Waals surface area contributed by atoms with Crippen LogP contribution in [0.15, 0.2) is 46.3 Å². The lowest BCUT2D eigenvalue weighted by Gasteiger charge is -2.12. The van der Waals surface area contributed by atoms with Crippen molar-refractivity contribution in [1.82, 2.24) is 4.90 Å². The lowest BCUT2D eigenvalue weighted by atomic mass is 10.1. The van der Waals surface area contributed by atoms with Crippen LogP contribution in [-0.4, -0.2) is 58.4 Å². The van der Waals surface area contributed by atoms with Crippen molar-refractivity contribution in [3.05, 3.63) is 57.5 Å². The van der Waals surface area contributed by atoms with Gasteiger partial charge in [-0.15, -0.1) is 0 Å². The van der Waals surface area contributed by atoms with Gasteiger partial charge in [0.05, 0.1) is 28.3 Å². The summed E-state index contributed by atoms with van der Waals surface area (Å²) in [5.74, 6) is -2.11. The van der Waals surface area contributed by atoms with Crippen molar-refractivity contribution < 1.29 is 34.1 Å². The lowest BCUT2D eigenvalue weighted by molar-refractivity contribution is -0.139. The summed E-state index contributed by atoms with van der Waals surface area (Å²) in [5.41, 5.74) is 1.21. The van der Waals surface area contributed by atoms with E-state index in [4.69, 9.17) is 31.3 Å². The quantitative estimate of drug-likeness (QED) is 0.529. The van der Waals surface area contributed by atoms with E-state index in [2.05, 4.69) is 4.99 Å². The molecule has 1 aliphatic heterocycles. The highest BCUT2D eigenvalue weighted by molar-refractivity contribution is 8.18. The van der Waals surface area contributed by atoms with Crippen LogP contribution in [0.5, 0.6) is 11.5 Å². The molecule has 0 bridgehead atoms. The molecule has 1 amide bonds. The van der Waals surface area contributed by atoms with Crippen molar-refractivity contribution in [3.63, 3.8) is 0 Å². The Morgan fingerprint density at radius 1 is 1.21 bits per heavy atom. The van der Waals surface area contributed by atoms with Crippen LogP contribution in [0.3, 0.4) is 0 Å². The molecule has 1 saturated heterocycles. The summed E-state index contributed by atoms with van der Waals surface area (Å²) in [6, 6.07) is 9.14. The maximum atomic E-state index is 12.9. The molecule has 1 heterocycles. The van der Waals surface area contributed by atoms with E-state index in [1.807, 2.05) is 6.92 Å². The van der Waals surface area contributed by atoms with Crippen molar-refractivity contribution in [3.8, 4) is 11.5 Å². The molecule has 1 fully saturated rings. The molecule has 0 spiro atoms. The Morgan fingerprint density at radius 2 is 1.91 bits per heavy atom. The number of rotatable bonds is 8. The van der Waals surface area contributed by atoms with E-state index in [-0.39, 0.29) is 28.0 Å². The highest BCUT2D eigenvalue weighted by Crippen LogP contribution is 2.39. The van der Waals surface area contributed by atoms with Crippen LogP contribution in [-0.2, 0) is 9.59 Å². The summed E-state index contributed by atoms with van der Waals surface area (Å²) in [6.07, 6.45) is 1.63. The number of methoxy groups -OCH3 is 1. The first-order valence-corrected chi connectivity index (χ1v) is 10.8. The van der Waals surface area contributed by atoms with E-state index in [0.29, 0.717) is 27.9 Å². The van der Waals surface area contributed by atoms with Gasteiger partial charge in [0.25, 0.3) is 5.91 Å². The predicted molar refractivity (Wildman–Crippen MR) is 125 cm³/mol. The fourth-order valence-electron chi connectivity index (χ4n) is 2.91. The summed E-state index contributed by atoms with van der Waals surface area (Å²) in [7, 11) is 1.39. The van der Waals surface area contributed by atoms with Crippen LogP contribution >= 0.6 is 23.4 Å². The number of hydrogen-bond donors (Lipinski definition) is 2. The number of hydrogen-bond acceptors (Lipinski definition) is 7. The normalized spacial score (nSPS) is 15.8. The van der Waals surface area contributed by atoms with E-state index in [0.717, 1.165) is 0 Å². The smallest absolute Gasteiger partial charge is 0.341 e. The van der Waals surface area contributed by atoms with Crippen molar-refractivity contribution in [2.45, 2.75) is 6.92 Å². The molecule has 11 heteroatoms. The van der Waals surface area contributed by atoms with Crippen LogP contribution < -0.4 is 9.47 Å². The Labute approximate surface area is 198 Å². The van der Waals surface area contributed by atoms with Crippen LogP contribution in [0, 0.1) is 0 Å². The summed E-state index contributed by atoms with van der Waals surface area (Å²) >= 11 is 7.42. The second-order valence-corrected chi connectivity index (χ2v) is 8.04. The largest absolute Gasteiger partial charge is 0.493 e. The Bertz CT molecular complexity index is 1160.